The summed E-state index contributed by atoms with van der Waals surface area (Å²) in [7, 11) is 3.44. The highest BCUT2D eigenvalue weighted by atomic mass is 35.5. The number of methoxy groups -OCH3 is 1. The highest BCUT2D eigenvalue weighted by Crippen LogP contribution is 2.38. The molecule has 0 saturated heterocycles. The van der Waals surface area contributed by atoms with Crippen molar-refractivity contribution in [2.75, 3.05) is 33.2 Å². The second-order valence-corrected chi connectivity index (χ2v) is 7.40. The number of aromatic hydroxyl groups is 1. The maximum absolute atomic E-state index is 10.4. The van der Waals surface area contributed by atoms with Crippen molar-refractivity contribution >= 4 is 22.7 Å². The fourth-order valence-corrected chi connectivity index (χ4v) is 3.69. The first-order valence-corrected chi connectivity index (χ1v) is 10.8. The Balaban J connectivity index is 2.13. The van der Waals surface area contributed by atoms with E-state index < -0.39 is 0 Å². The second-order valence-electron chi connectivity index (χ2n) is 7.02. The molecule has 0 radical (unpaired) electrons. The molecule has 0 bridgehead atoms. The number of alkyl halides is 1. The van der Waals surface area contributed by atoms with Crippen molar-refractivity contribution < 1.29 is 14.6 Å². The van der Waals surface area contributed by atoms with Gasteiger partial charge in [0.05, 0.1) is 7.11 Å². The molecule has 0 saturated carbocycles. The molecule has 0 aliphatic carbocycles. The molecular formula is C26H28ClNO3. The third-order valence-electron chi connectivity index (χ3n) is 5.00. The van der Waals surface area contributed by atoms with E-state index in [0.29, 0.717) is 24.7 Å². The molecule has 4 nitrogen and oxygen atoms in total. The molecule has 31 heavy (non-hydrogen) atoms. The van der Waals surface area contributed by atoms with E-state index in [2.05, 4.69) is 17.4 Å². The number of phenols is 1. The van der Waals surface area contributed by atoms with Crippen molar-refractivity contribution in [2.24, 2.45) is 0 Å². The van der Waals surface area contributed by atoms with Crippen LogP contribution in [0.2, 0.25) is 0 Å². The number of allylic oxidation sites excluding steroid dienone is 1. The Morgan fingerprint density at radius 1 is 0.935 bits per heavy atom. The molecule has 0 atom stereocenters. The number of halogens is 1. The molecule has 0 aromatic heterocycles. The zero-order valence-corrected chi connectivity index (χ0v) is 18.7. The Kier molecular flexibility index (Phi) is 8.39. The zero-order valence-electron chi connectivity index (χ0n) is 17.9. The Morgan fingerprint density at radius 3 is 2.26 bits per heavy atom. The van der Waals surface area contributed by atoms with Crippen LogP contribution in [0, 0.1) is 0 Å². The lowest BCUT2D eigenvalue weighted by molar-refractivity contribution is 0.318. The standard InChI is InChI=1S/C26H28ClNO3/c1-28-16-17-31-22-11-8-20(9-12-22)26(21-10-13-25(30-2)24(29)18-21)23(14-15-27)19-6-4-3-5-7-19/h3-13,18,28-29H,14-17H2,1-2H3/b26-23-. The van der Waals surface area contributed by atoms with Crippen LogP contribution in [0.3, 0.4) is 0 Å². The number of rotatable bonds is 10. The van der Waals surface area contributed by atoms with Gasteiger partial charge < -0.3 is 19.9 Å². The van der Waals surface area contributed by atoms with E-state index >= 15 is 0 Å². The summed E-state index contributed by atoms with van der Waals surface area (Å²) in [6.07, 6.45) is 0.689. The maximum atomic E-state index is 10.4. The van der Waals surface area contributed by atoms with Crippen molar-refractivity contribution in [3.05, 3.63) is 89.5 Å². The predicted molar refractivity (Wildman–Crippen MR) is 128 cm³/mol. The lowest BCUT2D eigenvalue weighted by Crippen LogP contribution is -2.15. The normalized spacial score (nSPS) is 11.7. The minimum absolute atomic E-state index is 0.0998. The van der Waals surface area contributed by atoms with Crippen LogP contribution in [-0.4, -0.2) is 38.3 Å². The third-order valence-corrected chi connectivity index (χ3v) is 5.19. The molecule has 3 rings (SSSR count). The molecule has 0 spiro atoms. The van der Waals surface area contributed by atoms with Gasteiger partial charge in [0, 0.05) is 12.4 Å². The SMILES string of the molecule is CNCCOc1ccc(/C(=C(\CCCl)c2ccccc2)c2ccc(OC)c(O)c2)cc1. The van der Waals surface area contributed by atoms with Gasteiger partial charge in [0.15, 0.2) is 11.5 Å². The molecule has 162 valence electrons. The Labute approximate surface area is 189 Å². The molecule has 5 heteroatoms. The average molecular weight is 438 g/mol. The lowest BCUT2D eigenvalue weighted by Gasteiger charge is -2.18. The van der Waals surface area contributed by atoms with E-state index in [4.69, 9.17) is 21.1 Å². The fourth-order valence-electron chi connectivity index (χ4n) is 3.50. The first-order valence-electron chi connectivity index (χ1n) is 10.3. The first kappa shape index (κ1) is 22.7. The van der Waals surface area contributed by atoms with E-state index in [1.54, 1.807) is 19.2 Å². The number of hydrogen-bond acceptors (Lipinski definition) is 4. The van der Waals surface area contributed by atoms with E-state index in [9.17, 15) is 5.11 Å². The van der Waals surface area contributed by atoms with Gasteiger partial charge in [-0.1, -0.05) is 48.5 Å². The van der Waals surface area contributed by atoms with Crippen molar-refractivity contribution in [3.8, 4) is 17.2 Å². The molecule has 3 aromatic carbocycles. The van der Waals surface area contributed by atoms with Gasteiger partial charge in [0.2, 0.25) is 0 Å². The highest BCUT2D eigenvalue weighted by Gasteiger charge is 2.16. The van der Waals surface area contributed by atoms with E-state index in [1.807, 2.05) is 55.6 Å². The number of hydrogen-bond donors (Lipinski definition) is 2. The number of benzene rings is 3. The smallest absolute Gasteiger partial charge is 0.160 e. The van der Waals surface area contributed by atoms with Crippen LogP contribution in [-0.2, 0) is 0 Å². The Bertz CT molecular complexity index is 1000. The van der Waals surface area contributed by atoms with Gasteiger partial charge in [-0.3, -0.25) is 0 Å². The van der Waals surface area contributed by atoms with Gasteiger partial charge in [0.1, 0.15) is 12.4 Å². The highest BCUT2D eigenvalue weighted by molar-refractivity contribution is 6.18. The molecule has 0 fully saturated rings. The zero-order chi connectivity index (χ0) is 22.1. The summed E-state index contributed by atoms with van der Waals surface area (Å²) in [6, 6.07) is 23.7. The summed E-state index contributed by atoms with van der Waals surface area (Å²) in [5.74, 6) is 1.84. The molecule has 0 amide bonds. The number of ether oxygens (including phenoxy) is 2. The average Bonchev–Trinajstić information content (AvgIpc) is 2.80. The minimum atomic E-state index is 0.0998. The van der Waals surface area contributed by atoms with Crippen molar-refractivity contribution in [3.63, 3.8) is 0 Å². The molecule has 0 unspecified atom stereocenters. The second kappa shape index (κ2) is 11.4. The van der Waals surface area contributed by atoms with Gasteiger partial charge in [-0.25, -0.2) is 0 Å². The maximum Gasteiger partial charge on any atom is 0.160 e. The van der Waals surface area contributed by atoms with Gasteiger partial charge in [-0.05, 0) is 65.6 Å². The summed E-state index contributed by atoms with van der Waals surface area (Å²) in [4.78, 5) is 0. The van der Waals surface area contributed by atoms with Crippen molar-refractivity contribution in [1.29, 1.82) is 0 Å². The lowest BCUT2D eigenvalue weighted by atomic mass is 9.88. The molecule has 2 N–H and O–H groups in total. The monoisotopic (exact) mass is 437 g/mol. The topological polar surface area (TPSA) is 50.7 Å². The molecule has 0 aliphatic rings. The van der Waals surface area contributed by atoms with E-state index in [1.165, 1.54) is 0 Å². The summed E-state index contributed by atoms with van der Waals surface area (Å²) < 4.78 is 11.0. The summed E-state index contributed by atoms with van der Waals surface area (Å²) in [5, 5.41) is 13.5. The fraction of sp³-hybridized carbons (Fsp3) is 0.231. The van der Waals surface area contributed by atoms with Crippen molar-refractivity contribution in [1.82, 2.24) is 5.32 Å². The summed E-state index contributed by atoms with van der Waals surface area (Å²) in [6.45, 7) is 1.39. The third kappa shape index (κ3) is 5.81. The Hall–Kier alpha value is -2.95. The van der Waals surface area contributed by atoms with E-state index in [-0.39, 0.29) is 5.75 Å². The minimum Gasteiger partial charge on any atom is -0.504 e. The molecule has 0 heterocycles. The van der Waals surface area contributed by atoms with Gasteiger partial charge in [0.25, 0.3) is 0 Å². The van der Waals surface area contributed by atoms with E-state index in [0.717, 1.165) is 40.1 Å². The summed E-state index contributed by atoms with van der Waals surface area (Å²) in [5.41, 5.74) is 5.15. The van der Waals surface area contributed by atoms with Crippen LogP contribution in [0.15, 0.2) is 72.8 Å². The van der Waals surface area contributed by atoms with Gasteiger partial charge >= 0.3 is 0 Å². The Morgan fingerprint density at radius 2 is 1.65 bits per heavy atom. The van der Waals surface area contributed by atoms with Crippen LogP contribution in [0.25, 0.3) is 11.1 Å². The predicted octanol–water partition coefficient (Wildman–Crippen LogP) is 5.59. The molecule has 0 aliphatic heterocycles. The van der Waals surface area contributed by atoms with Crippen LogP contribution < -0.4 is 14.8 Å². The quantitative estimate of drug-likeness (QED) is 0.247. The van der Waals surface area contributed by atoms with Crippen LogP contribution in [0.4, 0.5) is 0 Å². The van der Waals surface area contributed by atoms with Crippen molar-refractivity contribution in [2.45, 2.75) is 6.42 Å². The molecule has 3 aromatic rings. The summed E-state index contributed by atoms with van der Waals surface area (Å²) >= 11 is 6.21. The largest absolute Gasteiger partial charge is 0.504 e. The van der Waals surface area contributed by atoms with Crippen LogP contribution in [0.5, 0.6) is 17.2 Å². The number of likely N-dealkylation sites (N-methyl/N-ethyl adjacent to an activating group) is 1. The molecular weight excluding hydrogens is 410 g/mol. The number of phenolic OH excluding ortho intramolecular Hbond substituents is 1. The number of nitrogens with one attached hydrogen (secondary N) is 1. The van der Waals surface area contributed by atoms with Gasteiger partial charge in [-0.2, -0.15) is 0 Å². The first-order chi connectivity index (χ1) is 15.2. The van der Waals surface area contributed by atoms with Gasteiger partial charge in [-0.15, -0.1) is 11.6 Å². The van der Waals surface area contributed by atoms with Crippen LogP contribution in [0.1, 0.15) is 23.1 Å². The van der Waals surface area contributed by atoms with Crippen LogP contribution >= 0.6 is 11.6 Å².